The van der Waals surface area contributed by atoms with Gasteiger partial charge in [-0.3, -0.25) is 4.99 Å². The summed E-state index contributed by atoms with van der Waals surface area (Å²) < 4.78 is 0. The third kappa shape index (κ3) is 3.20. The van der Waals surface area contributed by atoms with E-state index in [0.717, 1.165) is 31.8 Å². The topological polar surface area (TPSA) is 35.8 Å². The molecule has 0 bridgehead atoms. The number of aliphatic imine (C=N–C) groups is 1. The zero-order valence-corrected chi connectivity index (χ0v) is 12.7. The summed E-state index contributed by atoms with van der Waals surface area (Å²) in [5.74, 6) is 0.801. The highest BCUT2D eigenvalue weighted by molar-refractivity contribution is 5.84. The van der Waals surface area contributed by atoms with Gasteiger partial charge in [0, 0.05) is 13.1 Å². The van der Waals surface area contributed by atoms with Crippen molar-refractivity contribution in [3.8, 4) is 0 Å². The summed E-state index contributed by atoms with van der Waals surface area (Å²) in [7, 11) is 0. The lowest BCUT2D eigenvalue weighted by atomic mass is 9.96. The van der Waals surface area contributed by atoms with Crippen molar-refractivity contribution >= 4 is 5.84 Å². The molecule has 1 heterocycles. The van der Waals surface area contributed by atoms with E-state index in [4.69, 9.17) is 0 Å². The standard InChI is InChI=1S/C19H22N2O/c22-15-18-20-13-7-8-14-21(18)19(16-9-3-1-4-10-16)17-11-5-2-6-12-17/h1-6,9-12,19,22H,7-8,13-15H2. The molecule has 0 spiro atoms. The van der Waals surface area contributed by atoms with Gasteiger partial charge in [0.1, 0.15) is 12.4 Å². The molecule has 1 aliphatic heterocycles. The maximum Gasteiger partial charge on any atom is 0.126 e. The molecule has 0 fully saturated rings. The number of nitrogens with zero attached hydrogens (tertiary/aromatic N) is 2. The van der Waals surface area contributed by atoms with Gasteiger partial charge in [0.05, 0.1) is 6.04 Å². The highest BCUT2D eigenvalue weighted by Crippen LogP contribution is 2.30. The van der Waals surface area contributed by atoms with Crippen molar-refractivity contribution in [1.29, 1.82) is 0 Å². The molecule has 1 N–H and O–H groups in total. The second-order valence-electron chi connectivity index (χ2n) is 5.58. The molecule has 3 rings (SSSR count). The lowest BCUT2D eigenvalue weighted by Gasteiger charge is -2.34. The first-order valence-corrected chi connectivity index (χ1v) is 7.91. The molecule has 0 amide bonds. The fraction of sp³-hybridized carbons (Fsp3) is 0.316. The van der Waals surface area contributed by atoms with Crippen molar-refractivity contribution in [3.63, 3.8) is 0 Å². The fourth-order valence-electron chi connectivity index (χ4n) is 3.06. The molecule has 2 aromatic carbocycles. The second kappa shape index (κ2) is 7.23. The Morgan fingerprint density at radius 3 is 2.05 bits per heavy atom. The van der Waals surface area contributed by atoms with Gasteiger partial charge in [-0.05, 0) is 24.0 Å². The summed E-state index contributed by atoms with van der Waals surface area (Å²) in [5.41, 5.74) is 2.47. The molecule has 0 unspecified atom stereocenters. The Morgan fingerprint density at radius 1 is 0.909 bits per heavy atom. The Labute approximate surface area is 131 Å². The van der Waals surface area contributed by atoms with Gasteiger partial charge < -0.3 is 10.0 Å². The lowest BCUT2D eigenvalue weighted by Crippen LogP contribution is -2.37. The largest absolute Gasteiger partial charge is 0.388 e. The Morgan fingerprint density at radius 2 is 1.50 bits per heavy atom. The van der Waals surface area contributed by atoms with E-state index < -0.39 is 0 Å². The summed E-state index contributed by atoms with van der Waals surface area (Å²) in [6, 6.07) is 21.1. The molecule has 0 atom stereocenters. The van der Waals surface area contributed by atoms with Crippen molar-refractivity contribution in [1.82, 2.24) is 4.90 Å². The zero-order valence-electron chi connectivity index (χ0n) is 12.7. The molecule has 3 heteroatoms. The summed E-state index contributed by atoms with van der Waals surface area (Å²) in [6.07, 6.45) is 2.18. The summed E-state index contributed by atoms with van der Waals surface area (Å²) >= 11 is 0. The van der Waals surface area contributed by atoms with Gasteiger partial charge in [-0.2, -0.15) is 0 Å². The van der Waals surface area contributed by atoms with Crippen molar-refractivity contribution in [2.24, 2.45) is 4.99 Å². The third-order valence-electron chi connectivity index (χ3n) is 4.12. The molecular formula is C19H22N2O. The van der Waals surface area contributed by atoms with E-state index in [1.807, 2.05) is 12.1 Å². The Balaban J connectivity index is 2.05. The van der Waals surface area contributed by atoms with E-state index in [-0.39, 0.29) is 12.6 Å². The first kappa shape index (κ1) is 14.8. The SMILES string of the molecule is OCC1=NCCCCN1C(c1ccccc1)c1ccccc1. The Bertz CT molecular complexity index is 570. The normalized spacial score (nSPS) is 15.5. The number of benzene rings is 2. The highest BCUT2D eigenvalue weighted by Gasteiger charge is 2.25. The molecule has 1 aliphatic rings. The number of hydrogen-bond donors (Lipinski definition) is 1. The van der Waals surface area contributed by atoms with E-state index in [1.54, 1.807) is 0 Å². The van der Waals surface area contributed by atoms with Crippen LogP contribution in [-0.4, -0.2) is 35.5 Å². The van der Waals surface area contributed by atoms with E-state index in [2.05, 4.69) is 58.4 Å². The van der Waals surface area contributed by atoms with Crippen LogP contribution in [-0.2, 0) is 0 Å². The Kier molecular flexibility index (Phi) is 4.86. The predicted molar refractivity (Wildman–Crippen MR) is 90.1 cm³/mol. The molecule has 0 saturated heterocycles. The van der Waals surface area contributed by atoms with Gasteiger partial charge in [0.25, 0.3) is 0 Å². The van der Waals surface area contributed by atoms with E-state index in [0.29, 0.717) is 0 Å². The van der Waals surface area contributed by atoms with Crippen LogP contribution in [0.3, 0.4) is 0 Å². The van der Waals surface area contributed by atoms with Crippen LogP contribution in [0.1, 0.15) is 30.0 Å². The summed E-state index contributed by atoms with van der Waals surface area (Å²) in [4.78, 5) is 6.85. The van der Waals surface area contributed by atoms with Crippen LogP contribution in [0, 0.1) is 0 Å². The monoisotopic (exact) mass is 294 g/mol. The van der Waals surface area contributed by atoms with E-state index in [9.17, 15) is 5.11 Å². The van der Waals surface area contributed by atoms with Gasteiger partial charge in [-0.1, -0.05) is 60.7 Å². The molecule has 2 aromatic rings. The maximum absolute atomic E-state index is 9.76. The van der Waals surface area contributed by atoms with Gasteiger partial charge in [-0.15, -0.1) is 0 Å². The number of aliphatic hydroxyl groups is 1. The number of amidine groups is 1. The smallest absolute Gasteiger partial charge is 0.126 e. The number of hydrogen-bond acceptors (Lipinski definition) is 3. The molecular weight excluding hydrogens is 272 g/mol. The second-order valence-corrected chi connectivity index (χ2v) is 5.58. The molecule has 0 aliphatic carbocycles. The van der Waals surface area contributed by atoms with Crippen LogP contribution in [0.25, 0.3) is 0 Å². The molecule has 0 aromatic heterocycles. The van der Waals surface area contributed by atoms with Crippen LogP contribution in [0.15, 0.2) is 65.7 Å². The Hall–Kier alpha value is -2.13. The highest BCUT2D eigenvalue weighted by atomic mass is 16.3. The third-order valence-corrected chi connectivity index (χ3v) is 4.12. The molecule has 3 nitrogen and oxygen atoms in total. The first-order chi connectivity index (χ1) is 10.9. The summed E-state index contributed by atoms with van der Waals surface area (Å²) in [6.45, 7) is 1.73. The van der Waals surface area contributed by atoms with Crippen molar-refractivity contribution in [2.45, 2.75) is 18.9 Å². The van der Waals surface area contributed by atoms with Gasteiger partial charge in [0.2, 0.25) is 0 Å². The fourth-order valence-corrected chi connectivity index (χ4v) is 3.06. The van der Waals surface area contributed by atoms with Crippen LogP contribution in [0.4, 0.5) is 0 Å². The maximum atomic E-state index is 9.76. The minimum absolute atomic E-state index is 0.00380. The van der Waals surface area contributed by atoms with Gasteiger partial charge in [-0.25, -0.2) is 0 Å². The molecule has 0 radical (unpaired) electrons. The van der Waals surface area contributed by atoms with Crippen molar-refractivity contribution < 1.29 is 5.11 Å². The minimum Gasteiger partial charge on any atom is -0.388 e. The van der Waals surface area contributed by atoms with Crippen LogP contribution in [0.2, 0.25) is 0 Å². The lowest BCUT2D eigenvalue weighted by molar-refractivity contribution is 0.296. The first-order valence-electron chi connectivity index (χ1n) is 7.91. The number of aliphatic hydroxyl groups excluding tert-OH is 1. The van der Waals surface area contributed by atoms with E-state index in [1.165, 1.54) is 11.1 Å². The predicted octanol–water partition coefficient (Wildman–Crippen LogP) is 3.26. The zero-order chi connectivity index (χ0) is 15.2. The van der Waals surface area contributed by atoms with E-state index >= 15 is 0 Å². The average molecular weight is 294 g/mol. The van der Waals surface area contributed by atoms with Crippen LogP contribution < -0.4 is 0 Å². The molecule has 114 valence electrons. The van der Waals surface area contributed by atoms with Crippen LogP contribution in [0.5, 0.6) is 0 Å². The van der Waals surface area contributed by atoms with Gasteiger partial charge in [0.15, 0.2) is 0 Å². The summed E-state index contributed by atoms with van der Waals surface area (Å²) in [5, 5.41) is 9.76. The van der Waals surface area contributed by atoms with Crippen molar-refractivity contribution in [2.75, 3.05) is 19.7 Å². The number of rotatable bonds is 4. The average Bonchev–Trinajstić information content (AvgIpc) is 2.83. The van der Waals surface area contributed by atoms with Crippen molar-refractivity contribution in [3.05, 3.63) is 71.8 Å². The van der Waals surface area contributed by atoms with Crippen LogP contribution >= 0.6 is 0 Å². The molecule has 22 heavy (non-hydrogen) atoms. The minimum atomic E-state index is -0.00380. The molecule has 0 saturated carbocycles. The van der Waals surface area contributed by atoms with Gasteiger partial charge >= 0.3 is 0 Å². The quantitative estimate of drug-likeness (QED) is 0.939.